The lowest BCUT2D eigenvalue weighted by molar-refractivity contribution is 0.0456. The molecule has 0 saturated heterocycles. The van der Waals surface area contributed by atoms with Crippen molar-refractivity contribution in [3.63, 3.8) is 0 Å². The number of pyridine rings is 1. The largest absolute Gasteiger partial charge is 0.493 e. The summed E-state index contributed by atoms with van der Waals surface area (Å²) < 4.78 is 13.6. The van der Waals surface area contributed by atoms with Gasteiger partial charge in [-0.2, -0.15) is 5.10 Å². The van der Waals surface area contributed by atoms with Crippen molar-refractivity contribution in [1.29, 1.82) is 0 Å². The second-order valence-corrected chi connectivity index (χ2v) is 6.35. The van der Waals surface area contributed by atoms with Crippen molar-refractivity contribution in [2.24, 2.45) is 0 Å². The van der Waals surface area contributed by atoms with Crippen molar-refractivity contribution in [2.75, 3.05) is 7.11 Å². The molecule has 3 heterocycles. The molecular formula is C21H18N4O4. The van der Waals surface area contributed by atoms with Gasteiger partial charge in [-0.1, -0.05) is 24.3 Å². The van der Waals surface area contributed by atoms with Gasteiger partial charge in [0.1, 0.15) is 12.3 Å². The molecule has 0 amide bonds. The van der Waals surface area contributed by atoms with Crippen LogP contribution in [0.15, 0.2) is 65.6 Å². The molecule has 0 radical (unpaired) electrons. The van der Waals surface area contributed by atoms with Crippen LogP contribution in [0.1, 0.15) is 21.9 Å². The van der Waals surface area contributed by atoms with Crippen LogP contribution in [-0.4, -0.2) is 32.2 Å². The highest BCUT2D eigenvalue weighted by Crippen LogP contribution is 2.20. The van der Waals surface area contributed by atoms with E-state index in [1.165, 1.54) is 17.6 Å². The van der Waals surface area contributed by atoms with Crippen LogP contribution in [0.3, 0.4) is 0 Å². The van der Waals surface area contributed by atoms with Gasteiger partial charge in [0.05, 0.1) is 24.7 Å². The zero-order valence-electron chi connectivity index (χ0n) is 15.9. The number of aryl methyl sites for hydroxylation is 1. The second kappa shape index (κ2) is 7.59. The van der Waals surface area contributed by atoms with E-state index in [1.807, 2.05) is 49.4 Å². The van der Waals surface area contributed by atoms with E-state index in [0.717, 1.165) is 11.4 Å². The SMILES string of the molecule is COc1cn(-c2ccccc2)nc1C(=O)OCc1cc(=O)n2c(C)cccc2n1. The number of benzene rings is 1. The van der Waals surface area contributed by atoms with Crippen LogP contribution in [-0.2, 0) is 11.3 Å². The highest BCUT2D eigenvalue weighted by Gasteiger charge is 2.20. The predicted molar refractivity (Wildman–Crippen MR) is 105 cm³/mol. The molecule has 0 unspecified atom stereocenters. The summed E-state index contributed by atoms with van der Waals surface area (Å²) in [6.07, 6.45) is 1.61. The standard InChI is InChI=1S/C21H18N4O4/c1-14-7-6-10-18-22-15(11-19(26)25(14)18)13-29-21(27)20-17(28-2)12-24(23-20)16-8-4-3-5-9-16/h3-12H,13H2,1-2H3. The van der Waals surface area contributed by atoms with Crippen molar-refractivity contribution in [1.82, 2.24) is 19.2 Å². The third-order valence-electron chi connectivity index (χ3n) is 4.40. The average molecular weight is 390 g/mol. The van der Waals surface area contributed by atoms with E-state index in [0.29, 0.717) is 17.1 Å². The third-order valence-corrected chi connectivity index (χ3v) is 4.40. The van der Waals surface area contributed by atoms with E-state index in [-0.39, 0.29) is 17.9 Å². The van der Waals surface area contributed by atoms with Gasteiger partial charge in [-0.15, -0.1) is 0 Å². The molecule has 1 aromatic carbocycles. The molecule has 8 nitrogen and oxygen atoms in total. The quantitative estimate of drug-likeness (QED) is 0.487. The van der Waals surface area contributed by atoms with Gasteiger partial charge in [0.2, 0.25) is 5.69 Å². The zero-order chi connectivity index (χ0) is 20.4. The van der Waals surface area contributed by atoms with E-state index in [9.17, 15) is 9.59 Å². The number of carbonyl (C=O) groups is 1. The molecule has 3 aromatic heterocycles. The van der Waals surface area contributed by atoms with E-state index in [2.05, 4.69) is 10.1 Å². The monoisotopic (exact) mass is 390 g/mol. The summed E-state index contributed by atoms with van der Waals surface area (Å²) in [5.74, 6) is -0.371. The minimum atomic E-state index is -0.664. The van der Waals surface area contributed by atoms with Gasteiger partial charge in [0.15, 0.2) is 5.75 Å². The van der Waals surface area contributed by atoms with E-state index in [1.54, 1.807) is 16.9 Å². The Labute approximate surface area is 166 Å². The fourth-order valence-electron chi connectivity index (χ4n) is 3.01. The highest BCUT2D eigenvalue weighted by molar-refractivity contribution is 5.90. The van der Waals surface area contributed by atoms with Gasteiger partial charge < -0.3 is 9.47 Å². The van der Waals surface area contributed by atoms with Gasteiger partial charge in [0, 0.05) is 11.8 Å². The van der Waals surface area contributed by atoms with Crippen LogP contribution >= 0.6 is 0 Å². The molecule has 0 aliphatic heterocycles. The lowest BCUT2D eigenvalue weighted by Gasteiger charge is -2.07. The molecule has 0 aliphatic carbocycles. The fourth-order valence-corrected chi connectivity index (χ4v) is 3.01. The number of hydrogen-bond donors (Lipinski definition) is 0. The van der Waals surface area contributed by atoms with Gasteiger partial charge in [0.25, 0.3) is 5.56 Å². The first kappa shape index (κ1) is 18.4. The lowest BCUT2D eigenvalue weighted by Crippen LogP contribution is -2.18. The van der Waals surface area contributed by atoms with Crippen LogP contribution in [0.5, 0.6) is 5.75 Å². The Bertz CT molecular complexity index is 1240. The number of methoxy groups -OCH3 is 1. The predicted octanol–water partition coefficient (Wildman–Crippen LogP) is 2.55. The summed E-state index contributed by atoms with van der Waals surface area (Å²) in [6, 6.07) is 16.1. The minimum Gasteiger partial charge on any atom is -0.493 e. The normalized spacial score (nSPS) is 10.8. The number of fused-ring (bicyclic) bond motifs is 1. The van der Waals surface area contributed by atoms with E-state index >= 15 is 0 Å². The fraction of sp³-hybridized carbons (Fsp3) is 0.143. The topological polar surface area (TPSA) is 87.7 Å². The first-order valence-corrected chi connectivity index (χ1v) is 8.91. The Kier molecular flexibility index (Phi) is 4.82. The maximum Gasteiger partial charge on any atom is 0.363 e. The second-order valence-electron chi connectivity index (χ2n) is 6.35. The van der Waals surface area contributed by atoms with Crippen molar-refractivity contribution in [3.05, 3.63) is 88.2 Å². The van der Waals surface area contributed by atoms with Crippen LogP contribution < -0.4 is 10.3 Å². The number of ether oxygens (including phenoxy) is 2. The summed E-state index contributed by atoms with van der Waals surface area (Å²) >= 11 is 0. The maximum atomic E-state index is 12.6. The molecule has 0 aliphatic rings. The Balaban J connectivity index is 1.57. The lowest BCUT2D eigenvalue weighted by atomic mass is 10.3. The smallest absolute Gasteiger partial charge is 0.363 e. The molecule has 0 bridgehead atoms. The summed E-state index contributed by atoms with van der Waals surface area (Å²) in [5.41, 5.74) is 2.23. The van der Waals surface area contributed by atoms with Crippen molar-refractivity contribution in [3.8, 4) is 11.4 Å². The Hall–Kier alpha value is -3.94. The number of hydrogen-bond acceptors (Lipinski definition) is 6. The van der Waals surface area contributed by atoms with Crippen LogP contribution in [0.2, 0.25) is 0 Å². The average Bonchev–Trinajstić information content (AvgIpc) is 3.17. The van der Waals surface area contributed by atoms with Gasteiger partial charge in [-0.05, 0) is 31.2 Å². The van der Waals surface area contributed by atoms with Crippen LogP contribution in [0.4, 0.5) is 0 Å². The summed E-state index contributed by atoms with van der Waals surface area (Å²) in [5, 5.41) is 4.27. The molecule has 0 atom stereocenters. The summed E-state index contributed by atoms with van der Waals surface area (Å²) in [6.45, 7) is 1.67. The molecule has 4 aromatic rings. The van der Waals surface area contributed by atoms with Crippen LogP contribution in [0, 0.1) is 6.92 Å². The van der Waals surface area contributed by atoms with E-state index < -0.39 is 5.97 Å². The Morgan fingerprint density at radius 3 is 2.66 bits per heavy atom. The van der Waals surface area contributed by atoms with Crippen molar-refractivity contribution >= 4 is 11.6 Å². The summed E-state index contributed by atoms with van der Waals surface area (Å²) in [4.78, 5) is 29.3. The maximum absolute atomic E-state index is 12.6. The third kappa shape index (κ3) is 3.60. The molecule has 146 valence electrons. The number of carbonyl (C=O) groups excluding carboxylic acids is 1. The Morgan fingerprint density at radius 1 is 1.10 bits per heavy atom. The highest BCUT2D eigenvalue weighted by atomic mass is 16.5. The molecule has 0 fully saturated rings. The molecular weight excluding hydrogens is 372 g/mol. The first-order chi connectivity index (χ1) is 14.1. The first-order valence-electron chi connectivity index (χ1n) is 8.91. The number of para-hydroxylation sites is 1. The number of rotatable bonds is 5. The molecule has 8 heteroatoms. The summed E-state index contributed by atoms with van der Waals surface area (Å²) in [7, 11) is 1.46. The van der Waals surface area contributed by atoms with E-state index in [4.69, 9.17) is 9.47 Å². The van der Waals surface area contributed by atoms with Crippen molar-refractivity contribution in [2.45, 2.75) is 13.5 Å². The number of aromatic nitrogens is 4. The Morgan fingerprint density at radius 2 is 1.90 bits per heavy atom. The van der Waals surface area contributed by atoms with Gasteiger partial charge >= 0.3 is 5.97 Å². The number of nitrogens with zero attached hydrogens (tertiary/aromatic N) is 4. The molecule has 29 heavy (non-hydrogen) atoms. The molecule has 0 spiro atoms. The molecule has 0 saturated carbocycles. The zero-order valence-corrected chi connectivity index (χ0v) is 15.9. The van der Waals surface area contributed by atoms with Gasteiger partial charge in [-0.3, -0.25) is 9.20 Å². The van der Waals surface area contributed by atoms with Gasteiger partial charge in [-0.25, -0.2) is 14.5 Å². The number of esters is 1. The molecule has 0 N–H and O–H groups in total. The minimum absolute atomic E-state index is 0.0460. The van der Waals surface area contributed by atoms with Crippen molar-refractivity contribution < 1.29 is 14.3 Å². The molecule has 4 rings (SSSR count). The van der Waals surface area contributed by atoms with Crippen LogP contribution in [0.25, 0.3) is 11.3 Å².